The number of nitro groups is 1. The Morgan fingerprint density at radius 1 is 1.07 bits per heavy atom. The van der Waals surface area contributed by atoms with Gasteiger partial charge in [-0.05, 0) is 53.0 Å². The van der Waals surface area contributed by atoms with Gasteiger partial charge in [0.15, 0.2) is 5.82 Å². The van der Waals surface area contributed by atoms with E-state index in [0.29, 0.717) is 29.3 Å². The summed E-state index contributed by atoms with van der Waals surface area (Å²) in [6, 6.07) is 15.7. The Morgan fingerprint density at radius 3 is 2.50 bits per heavy atom. The van der Waals surface area contributed by atoms with Gasteiger partial charge in [-0.1, -0.05) is 21.7 Å². The maximum Gasteiger partial charge on any atom is 0.368 e. The molecule has 30 heavy (non-hydrogen) atoms. The number of carbonyl (C=O) groups is 1. The highest BCUT2D eigenvalue weighted by Gasteiger charge is 2.16. The summed E-state index contributed by atoms with van der Waals surface area (Å²) in [5.74, 6) is -0.450. The maximum absolute atomic E-state index is 12.9. The lowest BCUT2D eigenvalue weighted by Gasteiger charge is -2.07. The van der Waals surface area contributed by atoms with Gasteiger partial charge >= 0.3 is 5.82 Å². The van der Waals surface area contributed by atoms with Crippen LogP contribution in [0.3, 0.4) is 0 Å². The Hall–Kier alpha value is -4.34. The number of hydrogen-bond donors (Lipinski definition) is 2. The molecule has 0 radical (unpaired) electrons. The van der Waals surface area contributed by atoms with Crippen LogP contribution < -0.4 is 10.6 Å². The Kier molecular flexibility index (Phi) is 5.04. The molecule has 0 unspecified atom stereocenters. The van der Waals surface area contributed by atoms with Crippen molar-refractivity contribution in [2.24, 2.45) is 0 Å². The molecule has 0 bridgehead atoms. The van der Waals surface area contributed by atoms with E-state index >= 15 is 0 Å². The molecule has 4 aromatic rings. The summed E-state index contributed by atoms with van der Waals surface area (Å²) >= 11 is 0. The van der Waals surface area contributed by atoms with E-state index in [0.717, 1.165) is 16.3 Å². The van der Waals surface area contributed by atoms with Crippen LogP contribution in [-0.4, -0.2) is 25.4 Å². The first-order valence-electron chi connectivity index (χ1n) is 8.88. The first kappa shape index (κ1) is 19.0. The summed E-state index contributed by atoms with van der Waals surface area (Å²) in [4.78, 5) is 26.7. The number of amides is 1. The molecule has 0 aliphatic heterocycles. The molecule has 0 fully saturated rings. The molecule has 0 atom stereocenters. The molecule has 0 saturated heterocycles. The van der Waals surface area contributed by atoms with E-state index < -0.39 is 4.92 Å². The average molecular weight is 406 g/mol. The molecule has 0 aliphatic carbocycles. The molecule has 2 heterocycles. The Balaban J connectivity index is 1.40. The molecule has 4 rings (SSSR count). The van der Waals surface area contributed by atoms with Crippen molar-refractivity contribution >= 4 is 28.9 Å². The van der Waals surface area contributed by atoms with Gasteiger partial charge < -0.3 is 20.7 Å². The fourth-order valence-corrected chi connectivity index (χ4v) is 2.78. The average Bonchev–Trinajstić information content (AvgIpc) is 3.18. The number of aromatic nitrogens is 3. The Bertz CT molecular complexity index is 1220. The van der Waals surface area contributed by atoms with Crippen molar-refractivity contribution in [2.75, 3.05) is 10.6 Å². The molecule has 10 heteroatoms. The van der Waals surface area contributed by atoms with Crippen molar-refractivity contribution in [3.05, 3.63) is 93.9 Å². The zero-order valence-electron chi connectivity index (χ0n) is 15.4. The number of nitrogens with zero attached hydrogens (tertiary/aromatic N) is 4. The van der Waals surface area contributed by atoms with Gasteiger partial charge in [-0.15, -0.1) is 0 Å². The van der Waals surface area contributed by atoms with Gasteiger partial charge in [-0.3, -0.25) is 4.79 Å². The SMILES string of the molecule is O=C(Nc1ccc(F)cc1)c1ccc(CNc2ccc3ncc([N+](=O)[O-])n3n2)cc1. The monoisotopic (exact) mass is 406 g/mol. The third-order valence-electron chi connectivity index (χ3n) is 4.32. The number of carbonyl (C=O) groups excluding carboxylic acids is 1. The number of hydrogen-bond acceptors (Lipinski definition) is 6. The molecule has 150 valence electrons. The van der Waals surface area contributed by atoms with Crippen molar-refractivity contribution in [1.82, 2.24) is 14.6 Å². The van der Waals surface area contributed by atoms with Crippen LogP contribution in [-0.2, 0) is 6.54 Å². The van der Waals surface area contributed by atoms with Crippen LogP contribution in [0.25, 0.3) is 5.65 Å². The van der Waals surface area contributed by atoms with E-state index in [9.17, 15) is 19.3 Å². The maximum atomic E-state index is 12.9. The number of halogens is 1. The molecular formula is C20H15FN6O3. The fourth-order valence-electron chi connectivity index (χ4n) is 2.78. The van der Waals surface area contributed by atoms with Crippen molar-refractivity contribution in [3.63, 3.8) is 0 Å². The van der Waals surface area contributed by atoms with Crippen LogP contribution in [0.15, 0.2) is 66.9 Å². The van der Waals surface area contributed by atoms with Crippen molar-refractivity contribution in [2.45, 2.75) is 6.54 Å². The molecule has 2 N–H and O–H groups in total. The molecule has 0 spiro atoms. The van der Waals surface area contributed by atoms with Crippen LogP contribution in [0.4, 0.5) is 21.7 Å². The summed E-state index contributed by atoms with van der Waals surface area (Å²) in [5.41, 5.74) is 2.22. The molecular weight excluding hydrogens is 391 g/mol. The third-order valence-corrected chi connectivity index (χ3v) is 4.32. The lowest BCUT2D eigenvalue weighted by atomic mass is 10.1. The zero-order chi connectivity index (χ0) is 21.1. The summed E-state index contributed by atoms with van der Waals surface area (Å²) < 4.78 is 14.1. The van der Waals surface area contributed by atoms with Gasteiger partial charge in [0.2, 0.25) is 5.65 Å². The molecule has 2 aromatic heterocycles. The number of benzene rings is 2. The van der Waals surface area contributed by atoms with Gasteiger partial charge in [0.25, 0.3) is 5.91 Å². The third kappa shape index (κ3) is 4.07. The smallest absolute Gasteiger partial charge is 0.363 e. The highest BCUT2D eigenvalue weighted by Crippen LogP contribution is 2.16. The van der Waals surface area contributed by atoms with E-state index in [-0.39, 0.29) is 17.5 Å². The minimum atomic E-state index is -0.549. The van der Waals surface area contributed by atoms with Gasteiger partial charge in [-0.25, -0.2) is 9.37 Å². The summed E-state index contributed by atoms with van der Waals surface area (Å²) in [6.45, 7) is 0.404. The summed E-state index contributed by atoms with van der Waals surface area (Å²) in [6.07, 6.45) is 1.15. The lowest BCUT2D eigenvalue weighted by molar-refractivity contribution is -0.391. The van der Waals surface area contributed by atoms with Crippen molar-refractivity contribution < 1.29 is 14.1 Å². The first-order chi connectivity index (χ1) is 14.5. The van der Waals surface area contributed by atoms with Crippen LogP contribution in [0, 0.1) is 15.9 Å². The molecule has 1 amide bonds. The number of anilines is 2. The second-order valence-electron chi connectivity index (χ2n) is 6.37. The minimum absolute atomic E-state index is 0.217. The largest absolute Gasteiger partial charge is 0.368 e. The van der Waals surface area contributed by atoms with Crippen molar-refractivity contribution in [1.29, 1.82) is 0 Å². The lowest BCUT2D eigenvalue weighted by Crippen LogP contribution is -2.12. The van der Waals surface area contributed by atoms with E-state index in [1.54, 1.807) is 36.4 Å². The predicted octanol–water partition coefficient (Wildman–Crippen LogP) is 3.64. The van der Waals surface area contributed by atoms with Crippen LogP contribution in [0.1, 0.15) is 15.9 Å². The van der Waals surface area contributed by atoms with E-state index in [2.05, 4.69) is 20.7 Å². The standard InChI is InChI=1S/C20H15FN6O3/c21-15-5-7-16(8-6-15)24-20(28)14-3-1-13(2-4-14)11-22-17-9-10-18-23-12-19(27(29)30)26(18)25-17/h1-10,12H,11H2,(H,22,25)(H,24,28). The van der Waals surface area contributed by atoms with Gasteiger partial charge in [0, 0.05) is 23.9 Å². The minimum Gasteiger partial charge on any atom is -0.363 e. The van der Waals surface area contributed by atoms with Crippen LogP contribution in [0.5, 0.6) is 0 Å². The topological polar surface area (TPSA) is 114 Å². The summed E-state index contributed by atoms with van der Waals surface area (Å²) in [7, 11) is 0. The molecule has 0 saturated carbocycles. The molecule has 2 aromatic carbocycles. The van der Waals surface area contributed by atoms with Crippen LogP contribution >= 0.6 is 0 Å². The van der Waals surface area contributed by atoms with E-state index in [4.69, 9.17) is 0 Å². The first-order valence-corrected chi connectivity index (χ1v) is 8.88. The number of nitrogens with one attached hydrogen (secondary N) is 2. The zero-order valence-corrected chi connectivity index (χ0v) is 15.4. The molecule has 0 aliphatic rings. The quantitative estimate of drug-likeness (QED) is 0.373. The van der Waals surface area contributed by atoms with Crippen LogP contribution in [0.2, 0.25) is 0 Å². The second-order valence-corrected chi connectivity index (χ2v) is 6.37. The van der Waals surface area contributed by atoms with Gasteiger partial charge in [-0.2, -0.15) is 0 Å². The number of fused-ring (bicyclic) bond motifs is 1. The predicted molar refractivity (Wildman–Crippen MR) is 108 cm³/mol. The second kappa shape index (κ2) is 7.95. The number of imidazole rings is 1. The molecule has 9 nitrogen and oxygen atoms in total. The van der Waals surface area contributed by atoms with Gasteiger partial charge in [0.1, 0.15) is 12.0 Å². The highest BCUT2D eigenvalue weighted by atomic mass is 19.1. The fraction of sp³-hybridized carbons (Fsp3) is 0.0500. The van der Waals surface area contributed by atoms with Gasteiger partial charge in [0.05, 0.1) is 0 Å². The Labute approximate surface area is 169 Å². The Morgan fingerprint density at radius 2 is 1.80 bits per heavy atom. The number of rotatable bonds is 6. The van der Waals surface area contributed by atoms with Crippen molar-refractivity contribution in [3.8, 4) is 0 Å². The van der Waals surface area contributed by atoms with E-state index in [1.165, 1.54) is 24.3 Å². The normalized spacial score (nSPS) is 10.7. The summed E-state index contributed by atoms with van der Waals surface area (Å²) in [5, 5.41) is 21.0. The van der Waals surface area contributed by atoms with E-state index in [1.807, 2.05) is 0 Å². The highest BCUT2D eigenvalue weighted by molar-refractivity contribution is 6.04.